The van der Waals surface area contributed by atoms with Crippen LogP contribution in [0, 0.1) is 10.1 Å². The molecule has 0 amide bonds. The zero-order valence-electron chi connectivity index (χ0n) is 10.5. The second-order valence-corrected chi connectivity index (χ2v) is 4.28. The van der Waals surface area contributed by atoms with Gasteiger partial charge in [0.05, 0.1) is 13.0 Å². The van der Waals surface area contributed by atoms with Gasteiger partial charge in [-0.25, -0.2) is 0 Å². The van der Waals surface area contributed by atoms with Gasteiger partial charge in [0.2, 0.25) is 6.54 Å². The average molecular weight is 248 g/mol. The number of nitro groups is 1. The summed E-state index contributed by atoms with van der Waals surface area (Å²) >= 11 is 0. The molecule has 1 aromatic carbocycles. The number of aromatic amines is 1. The Morgan fingerprint density at radius 3 is 2.89 bits per heavy atom. The van der Waals surface area contributed by atoms with E-state index in [9.17, 15) is 10.1 Å². The summed E-state index contributed by atoms with van der Waals surface area (Å²) < 4.78 is 5.19. The maximum atomic E-state index is 10.7. The van der Waals surface area contributed by atoms with E-state index in [1.807, 2.05) is 31.3 Å². The highest BCUT2D eigenvalue weighted by atomic mass is 16.6. The number of nitrogens with one attached hydrogen (secondary N) is 1. The molecule has 2 aromatic rings. The molecule has 96 valence electrons. The third kappa shape index (κ3) is 2.30. The van der Waals surface area contributed by atoms with Gasteiger partial charge in [0.1, 0.15) is 5.75 Å². The molecule has 0 saturated carbocycles. The van der Waals surface area contributed by atoms with Gasteiger partial charge in [-0.15, -0.1) is 0 Å². The molecule has 18 heavy (non-hydrogen) atoms. The van der Waals surface area contributed by atoms with Crippen LogP contribution in [-0.4, -0.2) is 23.6 Å². The zero-order chi connectivity index (χ0) is 13.1. The van der Waals surface area contributed by atoms with Crippen molar-refractivity contribution in [2.45, 2.75) is 19.3 Å². The Hall–Kier alpha value is -2.04. The Kier molecular flexibility index (Phi) is 3.50. The first-order valence-electron chi connectivity index (χ1n) is 5.92. The van der Waals surface area contributed by atoms with E-state index in [1.54, 1.807) is 7.11 Å². The Balaban J connectivity index is 2.45. The molecule has 1 unspecified atom stereocenters. The largest absolute Gasteiger partial charge is 0.497 e. The SMILES string of the molecule is CCC(C[N+](=O)[O-])c1c[nH]c2ccc(OC)cc12. The molecule has 0 bridgehead atoms. The van der Waals surface area contributed by atoms with Crippen LogP contribution >= 0.6 is 0 Å². The summed E-state index contributed by atoms with van der Waals surface area (Å²) in [4.78, 5) is 13.6. The van der Waals surface area contributed by atoms with Crippen LogP contribution in [-0.2, 0) is 0 Å². The van der Waals surface area contributed by atoms with Gasteiger partial charge in [0, 0.05) is 22.0 Å². The molecule has 2 rings (SSSR count). The van der Waals surface area contributed by atoms with Crippen LogP contribution in [0.1, 0.15) is 24.8 Å². The topological polar surface area (TPSA) is 68.2 Å². The summed E-state index contributed by atoms with van der Waals surface area (Å²) in [6.45, 7) is 1.92. The standard InChI is InChI=1S/C13H16N2O3/c1-3-9(8-15(16)17)12-7-14-13-5-4-10(18-2)6-11(12)13/h4-7,9,14H,3,8H2,1-2H3. The van der Waals surface area contributed by atoms with Crippen LogP contribution in [0.3, 0.4) is 0 Å². The van der Waals surface area contributed by atoms with Crippen molar-refractivity contribution in [2.75, 3.05) is 13.7 Å². The number of fused-ring (bicyclic) bond motifs is 1. The van der Waals surface area contributed by atoms with E-state index >= 15 is 0 Å². The van der Waals surface area contributed by atoms with Crippen LogP contribution in [0.4, 0.5) is 0 Å². The third-order valence-electron chi connectivity index (χ3n) is 3.22. The maximum absolute atomic E-state index is 10.7. The van der Waals surface area contributed by atoms with Crippen LogP contribution in [0.5, 0.6) is 5.75 Å². The van der Waals surface area contributed by atoms with Gasteiger partial charge in [-0.2, -0.15) is 0 Å². The zero-order valence-corrected chi connectivity index (χ0v) is 10.5. The number of benzene rings is 1. The fourth-order valence-electron chi connectivity index (χ4n) is 2.21. The molecule has 1 heterocycles. The molecule has 0 spiro atoms. The summed E-state index contributed by atoms with van der Waals surface area (Å²) in [5.74, 6) is 0.695. The monoisotopic (exact) mass is 248 g/mol. The smallest absolute Gasteiger partial charge is 0.210 e. The number of ether oxygens (including phenoxy) is 1. The van der Waals surface area contributed by atoms with Crippen molar-refractivity contribution in [3.05, 3.63) is 40.1 Å². The summed E-state index contributed by atoms with van der Waals surface area (Å²) in [6.07, 6.45) is 2.60. The molecule has 0 aliphatic heterocycles. The highest BCUT2D eigenvalue weighted by Crippen LogP contribution is 2.30. The lowest BCUT2D eigenvalue weighted by Gasteiger charge is -2.09. The van der Waals surface area contributed by atoms with Crippen molar-refractivity contribution in [3.63, 3.8) is 0 Å². The van der Waals surface area contributed by atoms with Gasteiger partial charge >= 0.3 is 0 Å². The van der Waals surface area contributed by atoms with E-state index in [-0.39, 0.29) is 17.4 Å². The Bertz CT molecular complexity index is 562. The van der Waals surface area contributed by atoms with Crippen LogP contribution < -0.4 is 4.74 Å². The Morgan fingerprint density at radius 1 is 1.50 bits per heavy atom. The fourth-order valence-corrected chi connectivity index (χ4v) is 2.21. The van der Waals surface area contributed by atoms with Gasteiger partial charge in [-0.3, -0.25) is 10.1 Å². The van der Waals surface area contributed by atoms with Gasteiger partial charge in [-0.1, -0.05) is 6.92 Å². The Morgan fingerprint density at radius 2 is 2.28 bits per heavy atom. The first kappa shape index (κ1) is 12.4. The number of methoxy groups -OCH3 is 1. The lowest BCUT2D eigenvalue weighted by atomic mass is 9.96. The summed E-state index contributed by atoms with van der Waals surface area (Å²) in [5, 5.41) is 11.7. The molecule has 1 atom stereocenters. The molecule has 0 aliphatic rings. The van der Waals surface area contributed by atoms with Gasteiger partial charge < -0.3 is 9.72 Å². The average Bonchev–Trinajstić information content (AvgIpc) is 2.78. The molecule has 1 N–H and O–H groups in total. The molecule has 0 aliphatic carbocycles. The van der Waals surface area contributed by atoms with Crippen molar-refractivity contribution < 1.29 is 9.66 Å². The van der Waals surface area contributed by atoms with E-state index in [0.29, 0.717) is 0 Å². The number of nitrogens with zero attached hydrogens (tertiary/aromatic N) is 1. The first-order chi connectivity index (χ1) is 8.65. The molecular weight excluding hydrogens is 232 g/mol. The molecule has 0 radical (unpaired) electrons. The lowest BCUT2D eigenvalue weighted by Crippen LogP contribution is -2.11. The minimum atomic E-state index is -0.257. The van der Waals surface area contributed by atoms with E-state index in [2.05, 4.69) is 4.98 Å². The van der Waals surface area contributed by atoms with E-state index in [0.717, 1.165) is 28.6 Å². The number of rotatable bonds is 5. The van der Waals surface area contributed by atoms with Crippen molar-refractivity contribution in [2.24, 2.45) is 0 Å². The Labute approximate surface area is 105 Å². The van der Waals surface area contributed by atoms with Crippen LogP contribution in [0.25, 0.3) is 10.9 Å². The lowest BCUT2D eigenvalue weighted by molar-refractivity contribution is -0.483. The molecule has 0 saturated heterocycles. The van der Waals surface area contributed by atoms with Crippen molar-refractivity contribution in [1.29, 1.82) is 0 Å². The fraction of sp³-hybridized carbons (Fsp3) is 0.385. The van der Waals surface area contributed by atoms with Gasteiger partial charge in [0.15, 0.2) is 0 Å². The summed E-state index contributed by atoms with van der Waals surface area (Å²) in [7, 11) is 1.61. The minimum Gasteiger partial charge on any atom is -0.497 e. The molecular formula is C13H16N2O3. The first-order valence-corrected chi connectivity index (χ1v) is 5.92. The predicted octanol–water partition coefficient (Wildman–Crippen LogP) is 2.95. The molecule has 5 nitrogen and oxygen atoms in total. The van der Waals surface area contributed by atoms with Crippen molar-refractivity contribution in [1.82, 2.24) is 4.98 Å². The van der Waals surface area contributed by atoms with E-state index in [1.165, 1.54) is 0 Å². The van der Waals surface area contributed by atoms with E-state index in [4.69, 9.17) is 4.74 Å². The molecule has 1 aromatic heterocycles. The van der Waals surface area contributed by atoms with Gasteiger partial charge in [0.25, 0.3) is 0 Å². The second-order valence-electron chi connectivity index (χ2n) is 4.28. The van der Waals surface area contributed by atoms with Crippen LogP contribution in [0.15, 0.2) is 24.4 Å². The summed E-state index contributed by atoms with van der Waals surface area (Å²) in [5.41, 5.74) is 1.97. The number of hydrogen-bond acceptors (Lipinski definition) is 3. The number of hydrogen-bond donors (Lipinski definition) is 1. The predicted molar refractivity (Wildman–Crippen MR) is 69.7 cm³/mol. The number of H-pyrrole nitrogens is 1. The van der Waals surface area contributed by atoms with Crippen molar-refractivity contribution in [3.8, 4) is 5.75 Å². The molecule has 5 heteroatoms. The minimum absolute atomic E-state index is 0.0410. The highest BCUT2D eigenvalue weighted by molar-refractivity contribution is 5.85. The normalized spacial score (nSPS) is 12.6. The quantitative estimate of drug-likeness (QED) is 0.653. The summed E-state index contributed by atoms with van der Waals surface area (Å²) in [6, 6.07) is 5.72. The third-order valence-corrected chi connectivity index (χ3v) is 3.22. The van der Waals surface area contributed by atoms with Crippen LogP contribution in [0.2, 0.25) is 0 Å². The molecule has 0 fully saturated rings. The van der Waals surface area contributed by atoms with Gasteiger partial charge in [-0.05, 0) is 30.2 Å². The highest BCUT2D eigenvalue weighted by Gasteiger charge is 2.19. The maximum Gasteiger partial charge on any atom is 0.210 e. The second kappa shape index (κ2) is 5.08. The van der Waals surface area contributed by atoms with Crippen molar-refractivity contribution >= 4 is 10.9 Å². The number of aromatic nitrogens is 1. The van der Waals surface area contributed by atoms with E-state index < -0.39 is 0 Å².